The van der Waals surface area contributed by atoms with Crippen molar-refractivity contribution in [3.63, 3.8) is 0 Å². The molecule has 1 aromatic rings. The number of hydrogen-bond donors (Lipinski definition) is 2. The second-order valence-electron chi connectivity index (χ2n) is 4.16. The molecule has 0 spiro atoms. The Hall–Kier alpha value is -1.36. The number of carbonyl (C=O) groups is 1. The Morgan fingerprint density at radius 3 is 3.00 bits per heavy atom. The molecule has 5 nitrogen and oxygen atoms in total. The van der Waals surface area contributed by atoms with E-state index < -0.39 is 0 Å². The van der Waals surface area contributed by atoms with Crippen molar-refractivity contribution in [3.05, 3.63) is 18.5 Å². The fourth-order valence-corrected chi connectivity index (χ4v) is 1.38. The Morgan fingerprint density at radius 1 is 1.53 bits per heavy atom. The molecule has 0 bridgehead atoms. The molecule has 0 saturated carbocycles. The van der Waals surface area contributed by atoms with Gasteiger partial charge in [0.1, 0.15) is 0 Å². The van der Waals surface area contributed by atoms with Gasteiger partial charge in [0.05, 0.1) is 6.54 Å². The number of carbonyl (C=O) groups excluding carboxylic acids is 1. The molecule has 96 valence electrons. The Morgan fingerprint density at radius 2 is 2.35 bits per heavy atom. The summed E-state index contributed by atoms with van der Waals surface area (Å²) in [5.74, 6) is 0.0609. The molecular formula is C12H22N4O. The topological polar surface area (TPSA) is 59.0 Å². The van der Waals surface area contributed by atoms with Crippen LogP contribution in [-0.2, 0) is 11.3 Å². The van der Waals surface area contributed by atoms with Gasteiger partial charge in [-0.25, -0.2) is 0 Å². The van der Waals surface area contributed by atoms with Crippen LogP contribution in [0.4, 0.5) is 0 Å². The first-order valence-corrected chi connectivity index (χ1v) is 6.20. The number of aryl methyl sites for hydroxylation is 1. The van der Waals surface area contributed by atoms with Gasteiger partial charge in [-0.1, -0.05) is 6.92 Å². The summed E-state index contributed by atoms with van der Waals surface area (Å²) in [6.45, 7) is 6.11. The maximum absolute atomic E-state index is 11.4. The van der Waals surface area contributed by atoms with Crippen LogP contribution in [0.25, 0.3) is 0 Å². The van der Waals surface area contributed by atoms with E-state index in [-0.39, 0.29) is 5.91 Å². The fraction of sp³-hybridized carbons (Fsp3) is 0.667. The third kappa shape index (κ3) is 6.06. The standard InChI is InChI=1S/C12H22N4O/c1-3-11(2)14-10-12(17)13-6-4-8-16-9-5-7-15-16/h5,7,9,11,14H,3-4,6,8,10H2,1-2H3,(H,13,17). The van der Waals surface area contributed by atoms with Gasteiger partial charge in [0.25, 0.3) is 0 Å². The van der Waals surface area contributed by atoms with E-state index in [1.165, 1.54) is 0 Å². The van der Waals surface area contributed by atoms with Crippen LogP contribution in [0.5, 0.6) is 0 Å². The molecule has 1 heterocycles. The van der Waals surface area contributed by atoms with Crippen LogP contribution in [0.3, 0.4) is 0 Å². The molecule has 0 fully saturated rings. The molecule has 0 saturated heterocycles. The third-order valence-corrected chi connectivity index (χ3v) is 2.67. The molecule has 1 aromatic heterocycles. The van der Waals surface area contributed by atoms with E-state index in [0.29, 0.717) is 19.1 Å². The van der Waals surface area contributed by atoms with Gasteiger partial charge >= 0.3 is 0 Å². The van der Waals surface area contributed by atoms with Crippen LogP contribution in [0, 0.1) is 0 Å². The van der Waals surface area contributed by atoms with Crippen molar-refractivity contribution in [2.45, 2.75) is 39.3 Å². The monoisotopic (exact) mass is 238 g/mol. The van der Waals surface area contributed by atoms with Crippen LogP contribution in [0.1, 0.15) is 26.7 Å². The van der Waals surface area contributed by atoms with Gasteiger partial charge in [0.15, 0.2) is 0 Å². The lowest BCUT2D eigenvalue weighted by atomic mass is 10.2. The highest BCUT2D eigenvalue weighted by Crippen LogP contribution is 1.88. The Labute approximate surface area is 103 Å². The Balaban J connectivity index is 2.00. The number of nitrogens with zero attached hydrogens (tertiary/aromatic N) is 2. The highest BCUT2D eigenvalue weighted by atomic mass is 16.1. The smallest absolute Gasteiger partial charge is 0.233 e. The van der Waals surface area contributed by atoms with E-state index in [0.717, 1.165) is 19.4 Å². The van der Waals surface area contributed by atoms with Gasteiger partial charge in [0.2, 0.25) is 5.91 Å². The van der Waals surface area contributed by atoms with Crippen LogP contribution < -0.4 is 10.6 Å². The zero-order chi connectivity index (χ0) is 12.5. The van der Waals surface area contributed by atoms with Crippen LogP contribution in [0.2, 0.25) is 0 Å². The van der Waals surface area contributed by atoms with Crippen LogP contribution >= 0.6 is 0 Å². The minimum atomic E-state index is 0.0609. The highest BCUT2D eigenvalue weighted by molar-refractivity contribution is 5.77. The molecule has 1 unspecified atom stereocenters. The number of hydrogen-bond acceptors (Lipinski definition) is 3. The molecule has 1 rings (SSSR count). The lowest BCUT2D eigenvalue weighted by molar-refractivity contribution is -0.120. The molecular weight excluding hydrogens is 216 g/mol. The normalized spacial score (nSPS) is 12.4. The highest BCUT2D eigenvalue weighted by Gasteiger charge is 2.02. The van der Waals surface area contributed by atoms with Gasteiger partial charge < -0.3 is 10.6 Å². The van der Waals surface area contributed by atoms with E-state index in [9.17, 15) is 4.79 Å². The lowest BCUT2D eigenvalue weighted by Crippen LogP contribution is -2.38. The van der Waals surface area contributed by atoms with Crippen molar-refractivity contribution >= 4 is 5.91 Å². The van der Waals surface area contributed by atoms with Gasteiger partial charge in [-0.05, 0) is 25.8 Å². The maximum atomic E-state index is 11.4. The molecule has 17 heavy (non-hydrogen) atoms. The molecule has 1 atom stereocenters. The first kappa shape index (κ1) is 13.7. The summed E-state index contributed by atoms with van der Waals surface area (Å²) in [6, 6.07) is 2.29. The second kappa shape index (κ2) is 7.84. The predicted molar refractivity (Wildman–Crippen MR) is 67.6 cm³/mol. The van der Waals surface area contributed by atoms with E-state index in [1.807, 2.05) is 16.9 Å². The molecule has 1 amide bonds. The van der Waals surface area contributed by atoms with E-state index in [1.54, 1.807) is 6.20 Å². The second-order valence-corrected chi connectivity index (χ2v) is 4.16. The number of nitrogens with one attached hydrogen (secondary N) is 2. The summed E-state index contributed by atoms with van der Waals surface area (Å²) in [7, 11) is 0. The first-order chi connectivity index (χ1) is 8.22. The molecule has 0 aliphatic carbocycles. The average molecular weight is 238 g/mol. The number of amides is 1. The Bertz CT molecular complexity index is 310. The zero-order valence-electron chi connectivity index (χ0n) is 10.6. The zero-order valence-corrected chi connectivity index (χ0v) is 10.6. The van der Waals surface area contributed by atoms with Crippen molar-refractivity contribution in [2.75, 3.05) is 13.1 Å². The van der Waals surface area contributed by atoms with Crippen LogP contribution in [-0.4, -0.2) is 34.8 Å². The summed E-state index contributed by atoms with van der Waals surface area (Å²) in [6.07, 6.45) is 5.62. The number of rotatable bonds is 8. The summed E-state index contributed by atoms with van der Waals surface area (Å²) in [4.78, 5) is 11.4. The largest absolute Gasteiger partial charge is 0.355 e. The fourth-order valence-electron chi connectivity index (χ4n) is 1.38. The van der Waals surface area contributed by atoms with Crippen molar-refractivity contribution in [2.24, 2.45) is 0 Å². The predicted octanol–water partition coefficient (Wildman–Crippen LogP) is 0.777. The third-order valence-electron chi connectivity index (χ3n) is 2.67. The lowest BCUT2D eigenvalue weighted by Gasteiger charge is -2.11. The van der Waals surface area contributed by atoms with Crippen molar-refractivity contribution in [1.82, 2.24) is 20.4 Å². The van der Waals surface area contributed by atoms with Gasteiger partial charge in [0, 0.05) is 31.5 Å². The molecule has 5 heteroatoms. The van der Waals surface area contributed by atoms with Gasteiger partial charge in [-0.15, -0.1) is 0 Å². The van der Waals surface area contributed by atoms with Crippen LogP contribution in [0.15, 0.2) is 18.5 Å². The minimum Gasteiger partial charge on any atom is -0.355 e. The average Bonchev–Trinajstić information content (AvgIpc) is 2.84. The molecule has 0 radical (unpaired) electrons. The minimum absolute atomic E-state index is 0.0609. The first-order valence-electron chi connectivity index (χ1n) is 6.20. The van der Waals surface area contributed by atoms with E-state index >= 15 is 0 Å². The SMILES string of the molecule is CCC(C)NCC(=O)NCCCn1cccn1. The van der Waals surface area contributed by atoms with Crippen molar-refractivity contribution in [3.8, 4) is 0 Å². The quantitative estimate of drug-likeness (QED) is 0.658. The summed E-state index contributed by atoms with van der Waals surface area (Å²) >= 11 is 0. The summed E-state index contributed by atoms with van der Waals surface area (Å²) in [5.41, 5.74) is 0. The van der Waals surface area contributed by atoms with E-state index in [4.69, 9.17) is 0 Å². The molecule has 0 aliphatic rings. The molecule has 0 aromatic carbocycles. The van der Waals surface area contributed by atoms with Gasteiger partial charge in [-0.3, -0.25) is 9.48 Å². The van der Waals surface area contributed by atoms with Gasteiger partial charge in [-0.2, -0.15) is 5.10 Å². The molecule has 0 aliphatic heterocycles. The van der Waals surface area contributed by atoms with Crippen molar-refractivity contribution in [1.29, 1.82) is 0 Å². The maximum Gasteiger partial charge on any atom is 0.233 e. The Kier molecular flexibility index (Phi) is 6.32. The van der Waals surface area contributed by atoms with Crippen molar-refractivity contribution < 1.29 is 4.79 Å². The summed E-state index contributed by atoms with van der Waals surface area (Å²) < 4.78 is 1.86. The van der Waals surface area contributed by atoms with E-state index in [2.05, 4.69) is 29.6 Å². The molecule has 2 N–H and O–H groups in total. The number of aromatic nitrogens is 2. The summed E-state index contributed by atoms with van der Waals surface area (Å²) in [5, 5.41) is 10.1.